The Morgan fingerprint density at radius 2 is 1.94 bits per heavy atom. The molecule has 0 spiro atoms. The lowest BCUT2D eigenvalue weighted by atomic mass is 9.88. The SMILES string of the molecule is CNCCS(=O)(=O)N1CC(C)CC(C)C1C. The van der Waals surface area contributed by atoms with Crippen LogP contribution in [0.5, 0.6) is 0 Å². The number of sulfonamides is 1. The first-order valence-electron chi connectivity index (χ1n) is 6.02. The van der Waals surface area contributed by atoms with E-state index >= 15 is 0 Å². The predicted molar refractivity (Wildman–Crippen MR) is 66.8 cm³/mol. The van der Waals surface area contributed by atoms with Gasteiger partial charge >= 0.3 is 0 Å². The molecule has 16 heavy (non-hydrogen) atoms. The fraction of sp³-hybridized carbons (Fsp3) is 1.00. The predicted octanol–water partition coefficient (Wildman–Crippen LogP) is 0.902. The summed E-state index contributed by atoms with van der Waals surface area (Å²) in [5, 5.41) is 2.89. The van der Waals surface area contributed by atoms with E-state index < -0.39 is 10.0 Å². The molecule has 0 bridgehead atoms. The van der Waals surface area contributed by atoms with Crippen LogP contribution < -0.4 is 5.32 Å². The molecule has 4 nitrogen and oxygen atoms in total. The van der Waals surface area contributed by atoms with Gasteiger partial charge in [-0.1, -0.05) is 13.8 Å². The molecule has 5 heteroatoms. The van der Waals surface area contributed by atoms with Crippen molar-refractivity contribution in [3.63, 3.8) is 0 Å². The van der Waals surface area contributed by atoms with Crippen molar-refractivity contribution >= 4 is 10.0 Å². The Morgan fingerprint density at radius 1 is 1.31 bits per heavy atom. The monoisotopic (exact) mass is 248 g/mol. The number of hydrogen-bond acceptors (Lipinski definition) is 3. The maximum atomic E-state index is 12.1. The quantitative estimate of drug-likeness (QED) is 0.804. The lowest BCUT2D eigenvalue weighted by molar-refractivity contribution is 0.157. The van der Waals surface area contributed by atoms with Crippen molar-refractivity contribution in [2.24, 2.45) is 11.8 Å². The molecule has 1 heterocycles. The van der Waals surface area contributed by atoms with E-state index in [1.165, 1.54) is 0 Å². The van der Waals surface area contributed by atoms with E-state index in [-0.39, 0.29) is 11.8 Å². The Balaban J connectivity index is 2.76. The van der Waals surface area contributed by atoms with Crippen LogP contribution in [-0.4, -0.2) is 44.7 Å². The van der Waals surface area contributed by atoms with E-state index in [9.17, 15) is 8.42 Å². The third-order valence-electron chi connectivity index (χ3n) is 3.51. The largest absolute Gasteiger partial charge is 0.319 e. The zero-order valence-corrected chi connectivity index (χ0v) is 11.5. The molecule has 1 rings (SSSR count). The summed E-state index contributed by atoms with van der Waals surface area (Å²) in [6, 6.07) is 0.137. The summed E-state index contributed by atoms with van der Waals surface area (Å²) >= 11 is 0. The minimum Gasteiger partial charge on any atom is -0.319 e. The lowest BCUT2D eigenvalue weighted by Crippen LogP contribution is -2.50. The Bertz CT molecular complexity index is 316. The molecule has 1 N–H and O–H groups in total. The molecule has 96 valence electrons. The van der Waals surface area contributed by atoms with Crippen molar-refractivity contribution < 1.29 is 8.42 Å². The first-order chi connectivity index (χ1) is 7.38. The van der Waals surface area contributed by atoms with E-state index in [0.717, 1.165) is 6.42 Å². The van der Waals surface area contributed by atoms with E-state index in [0.29, 0.717) is 24.9 Å². The zero-order valence-electron chi connectivity index (χ0n) is 10.7. The maximum absolute atomic E-state index is 12.1. The number of rotatable bonds is 4. The van der Waals surface area contributed by atoms with Crippen LogP contribution in [0.4, 0.5) is 0 Å². The van der Waals surface area contributed by atoms with E-state index in [1.807, 2.05) is 6.92 Å². The van der Waals surface area contributed by atoms with Gasteiger partial charge in [0.1, 0.15) is 0 Å². The van der Waals surface area contributed by atoms with Gasteiger partial charge in [0.2, 0.25) is 10.0 Å². The Kier molecular flexibility index (Phi) is 4.76. The van der Waals surface area contributed by atoms with Gasteiger partial charge in [0, 0.05) is 19.1 Å². The van der Waals surface area contributed by atoms with Gasteiger partial charge in [-0.2, -0.15) is 4.31 Å². The fourth-order valence-corrected chi connectivity index (χ4v) is 4.27. The number of nitrogens with zero attached hydrogens (tertiary/aromatic N) is 1. The van der Waals surface area contributed by atoms with Gasteiger partial charge in [0.25, 0.3) is 0 Å². The van der Waals surface area contributed by atoms with E-state index in [1.54, 1.807) is 11.4 Å². The molecule has 0 amide bonds. The molecule has 0 aliphatic carbocycles. The first kappa shape index (κ1) is 13.9. The van der Waals surface area contributed by atoms with Crippen molar-refractivity contribution in [2.45, 2.75) is 33.2 Å². The Hall–Kier alpha value is -0.130. The minimum atomic E-state index is -3.09. The third kappa shape index (κ3) is 3.18. The third-order valence-corrected chi connectivity index (χ3v) is 5.43. The van der Waals surface area contributed by atoms with Gasteiger partial charge in [0.15, 0.2) is 0 Å². The summed E-state index contributed by atoms with van der Waals surface area (Å²) < 4.78 is 26.0. The summed E-state index contributed by atoms with van der Waals surface area (Å²) in [5.74, 6) is 1.12. The number of piperidine rings is 1. The highest BCUT2D eigenvalue weighted by Crippen LogP contribution is 2.28. The fourth-order valence-electron chi connectivity index (χ4n) is 2.38. The summed E-state index contributed by atoms with van der Waals surface area (Å²) in [4.78, 5) is 0. The van der Waals surface area contributed by atoms with Crippen LogP contribution in [0.3, 0.4) is 0 Å². The highest BCUT2D eigenvalue weighted by molar-refractivity contribution is 7.89. The second kappa shape index (κ2) is 5.47. The normalized spacial score (nSPS) is 32.9. The molecular weight excluding hydrogens is 224 g/mol. The lowest BCUT2D eigenvalue weighted by Gasteiger charge is -2.40. The topological polar surface area (TPSA) is 49.4 Å². The summed E-state index contributed by atoms with van der Waals surface area (Å²) in [7, 11) is -1.31. The molecule has 1 saturated heterocycles. The minimum absolute atomic E-state index is 0.137. The summed E-state index contributed by atoms with van der Waals surface area (Å²) in [6.45, 7) is 7.49. The van der Waals surface area contributed by atoms with Crippen LogP contribution in [0.2, 0.25) is 0 Å². The number of hydrogen-bond donors (Lipinski definition) is 1. The van der Waals surface area contributed by atoms with Crippen molar-refractivity contribution in [1.29, 1.82) is 0 Å². The van der Waals surface area contributed by atoms with E-state index in [2.05, 4.69) is 19.2 Å². The van der Waals surface area contributed by atoms with E-state index in [4.69, 9.17) is 0 Å². The second-order valence-electron chi connectivity index (χ2n) is 5.05. The maximum Gasteiger partial charge on any atom is 0.215 e. The average Bonchev–Trinajstić information content (AvgIpc) is 2.20. The van der Waals surface area contributed by atoms with Crippen LogP contribution in [-0.2, 0) is 10.0 Å². The Morgan fingerprint density at radius 3 is 2.50 bits per heavy atom. The molecule has 3 unspecified atom stereocenters. The standard InChI is InChI=1S/C11H24N2O2S/c1-9-7-10(2)11(3)13(8-9)16(14,15)6-5-12-4/h9-12H,5-8H2,1-4H3. The molecule has 0 saturated carbocycles. The van der Waals surface area contributed by atoms with Gasteiger partial charge in [-0.05, 0) is 32.2 Å². The second-order valence-corrected chi connectivity index (χ2v) is 7.09. The van der Waals surface area contributed by atoms with Gasteiger partial charge in [-0.3, -0.25) is 0 Å². The average molecular weight is 248 g/mol. The zero-order chi connectivity index (χ0) is 12.3. The van der Waals surface area contributed by atoms with Crippen LogP contribution in [0, 0.1) is 11.8 Å². The summed E-state index contributed by atoms with van der Waals surface area (Å²) in [5.41, 5.74) is 0. The Labute approximate surface area is 99.5 Å². The van der Waals surface area contributed by atoms with Crippen molar-refractivity contribution in [3.05, 3.63) is 0 Å². The molecule has 0 aromatic rings. The molecule has 0 aromatic carbocycles. The smallest absolute Gasteiger partial charge is 0.215 e. The van der Waals surface area contributed by atoms with Crippen molar-refractivity contribution in [2.75, 3.05) is 25.9 Å². The highest BCUT2D eigenvalue weighted by atomic mass is 32.2. The van der Waals surface area contributed by atoms with Gasteiger partial charge < -0.3 is 5.32 Å². The first-order valence-corrected chi connectivity index (χ1v) is 7.63. The molecule has 1 aliphatic heterocycles. The molecule has 1 fully saturated rings. The highest BCUT2D eigenvalue weighted by Gasteiger charge is 2.35. The van der Waals surface area contributed by atoms with Gasteiger partial charge in [-0.15, -0.1) is 0 Å². The molecule has 0 aromatic heterocycles. The molecule has 0 radical (unpaired) electrons. The van der Waals surface area contributed by atoms with Gasteiger partial charge in [0.05, 0.1) is 5.75 Å². The number of nitrogens with one attached hydrogen (secondary N) is 1. The van der Waals surface area contributed by atoms with Crippen LogP contribution in [0.25, 0.3) is 0 Å². The van der Waals surface area contributed by atoms with Gasteiger partial charge in [-0.25, -0.2) is 8.42 Å². The van der Waals surface area contributed by atoms with Crippen LogP contribution >= 0.6 is 0 Å². The summed E-state index contributed by atoms with van der Waals surface area (Å²) in [6.07, 6.45) is 1.12. The molecular formula is C11H24N2O2S. The molecule has 3 atom stereocenters. The van der Waals surface area contributed by atoms with Crippen molar-refractivity contribution in [3.8, 4) is 0 Å². The van der Waals surface area contributed by atoms with Crippen LogP contribution in [0.15, 0.2) is 0 Å². The van der Waals surface area contributed by atoms with Crippen LogP contribution in [0.1, 0.15) is 27.2 Å². The molecule has 1 aliphatic rings. The van der Waals surface area contributed by atoms with Crippen molar-refractivity contribution in [1.82, 2.24) is 9.62 Å².